The van der Waals surface area contributed by atoms with Crippen molar-refractivity contribution in [3.05, 3.63) is 98.5 Å². The summed E-state index contributed by atoms with van der Waals surface area (Å²) < 4.78 is 45.9. The number of nitrogens with zero attached hydrogens (tertiary/aromatic N) is 2. The van der Waals surface area contributed by atoms with E-state index in [-0.39, 0.29) is 31.2 Å². The lowest BCUT2D eigenvalue weighted by Gasteiger charge is -2.30. The number of aromatic nitrogens is 1. The highest BCUT2D eigenvalue weighted by molar-refractivity contribution is 7.91. The Bertz CT molecular complexity index is 2650. The third-order valence-electron chi connectivity index (χ3n) is 14.3. The van der Waals surface area contributed by atoms with Gasteiger partial charge in [0.05, 0.1) is 36.8 Å². The van der Waals surface area contributed by atoms with Gasteiger partial charge in [0.1, 0.15) is 40.2 Å². The molecule has 67 heavy (non-hydrogen) atoms. The molecule has 3 N–H and O–H groups in total. The van der Waals surface area contributed by atoms with Crippen LogP contribution in [0.15, 0.2) is 65.6 Å². The zero-order chi connectivity index (χ0) is 47.8. The van der Waals surface area contributed by atoms with Crippen molar-refractivity contribution < 1.29 is 41.8 Å². The smallest absolute Gasteiger partial charge is 0.337 e. The molecule has 16 heteroatoms. The highest BCUT2D eigenvalue weighted by atomic mass is 32.2. The molecule has 0 spiro atoms. The van der Waals surface area contributed by atoms with Crippen molar-refractivity contribution in [3.8, 4) is 5.75 Å². The van der Waals surface area contributed by atoms with Gasteiger partial charge in [-0.1, -0.05) is 50.5 Å². The zero-order valence-electron chi connectivity index (χ0n) is 39.5. The Morgan fingerprint density at radius 2 is 1.84 bits per heavy atom. The molecule has 3 heterocycles. The number of hydrogen-bond donors (Lipinski definition) is 3. The third-order valence-corrected chi connectivity index (χ3v) is 17.3. The van der Waals surface area contributed by atoms with Gasteiger partial charge in [-0.3, -0.25) is 19.1 Å². The average molecular weight is 954 g/mol. The molecular weight excluding hydrogens is 891 g/mol. The monoisotopic (exact) mass is 953 g/mol. The van der Waals surface area contributed by atoms with Crippen LogP contribution in [0.3, 0.4) is 0 Å². The predicted octanol–water partition coefficient (Wildman–Crippen LogP) is 7.99. The van der Waals surface area contributed by atoms with Crippen molar-refractivity contribution in [1.82, 2.24) is 19.9 Å². The molecule has 2 aliphatic heterocycles. The maximum absolute atomic E-state index is 15.2. The second-order valence-corrected chi connectivity index (χ2v) is 22.4. The Balaban J connectivity index is 1.18. The maximum Gasteiger partial charge on any atom is 0.337 e. The van der Waals surface area contributed by atoms with Gasteiger partial charge in [0, 0.05) is 34.5 Å². The molecule has 2 aromatic carbocycles. The lowest BCUT2D eigenvalue weighted by Crippen LogP contribution is -2.58. The number of anilines is 1. The number of sulfonamides is 1. The quantitative estimate of drug-likeness (QED) is 0.125. The first-order valence-corrected chi connectivity index (χ1v) is 25.9. The van der Waals surface area contributed by atoms with E-state index >= 15 is 4.79 Å². The Labute approximate surface area is 398 Å². The molecule has 0 radical (unpaired) electrons. The van der Waals surface area contributed by atoms with Gasteiger partial charge >= 0.3 is 5.97 Å². The van der Waals surface area contributed by atoms with Crippen LogP contribution in [0.25, 0.3) is 11.3 Å². The number of nitrogens with one attached hydrogen (secondary N) is 3. The van der Waals surface area contributed by atoms with Crippen molar-refractivity contribution in [2.45, 2.75) is 140 Å². The number of carbonyl (C=O) groups excluding carboxylic acids is 4. The highest BCUT2D eigenvalue weighted by Crippen LogP contribution is 2.48. The minimum Gasteiger partial charge on any atom is -0.496 e. The fourth-order valence-corrected chi connectivity index (χ4v) is 11.9. The van der Waals surface area contributed by atoms with Crippen LogP contribution in [-0.2, 0) is 40.3 Å². The van der Waals surface area contributed by atoms with E-state index in [2.05, 4.69) is 41.5 Å². The normalized spacial score (nSPS) is 25.2. The number of methoxy groups -OCH3 is 2. The molecule has 3 aliphatic carbocycles. The van der Waals surface area contributed by atoms with Gasteiger partial charge in [-0.2, -0.15) is 0 Å². The number of allylic oxidation sites excluding steroid dienone is 4. The third kappa shape index (κ3) is 9.92. The largest absolute Gasteiger partial charge is 0.496 e. The van der Waals surface area contributed by atoms with E-state index in [0.29, 0.717) is 49.1 Å². The van der Waals surface area contributed by atoms with E-state index in [1.165, 1.54) is 7.11 Å². The molecule has 14 nitrogen and oxygen atoms in total. The minimum atomic E-state index is -4.02. The molecule has 0 bridgehead atoms. The van der Waals surface area contributed by atoms with Crippen LogP contribution < -0.4 is 20.1 Å². The van der Waals surface area contributed by atoms with Gasteiger partial charge in [-0.25, -0.2) is 18.2 Å². The summed E-state index contributed by atoms with van der Waals surface area (Å²) in [4.78, 5) is 63.5. The van der Waals surface area contributed by atoms with Crippen molar-refractivity contribution in [2.24, 2.45) is 5.92 Å². The first-order valence-electron chi connectivity index (χ1n) is 23.5. The molecule has 1 aromatic heterocycles. The molecule has 5 atom stereocenters. The summed E-state index contributed by atoms with van der Waals surface area (Å²) in [6.45, 7) is 10.0. The molecule has 358 valence electrons. The zero-order valence-corrected chi connectivity index (χ0v) is 41.2. The van der Waals surface area contributed by atoms with Gasteiger partial charge in [-0.05, 0) is 126 Å². The number of rotatable bonds is 11. The fraction of sp³-hybridized carbons (Fsp3) is 0.510. The topological polar surface area (TPSA) is 182 Å². The lowest BCUT2D eigenvalue weighted by atomic mass is 9.89. The van der Waals surface area contributed by atoms with E-state index in [1.54, 1.807) is 54.5 Å². The number of amides is 3. The van der Waals surface area contributed by atoms with Crippen LogP contribution in [0.5, 0.6) is 5.75 Å². The summed E-state index contributed by atoms with van der Waals surface area (Å²) in [6.07, 6.45) is 11.4. The van der Waals surface area contributed by atoms with Gasteiger partial charge in [0.15, 0.2) is 0 Å². The number of thiazole rings is 1. The van der Waals surface area contributed by atoms with E-state index in [9.17, 15) is 22.8 Å². The van der Waals surface area contributed by atoms with Gasteiger partial charge in [-0.15, -0.1) is 11.3 Å². The highest BCUT2D eigenvalue weighted by Gasteiger charge is 2.63. The summed E-state index contributed by atoms with van der Waals surface area (Å²) in [7, 11) is -1.05. The van der Waals surface area contributed by atoms with Gasteiger partial charge in [0.25, 0.3) is 5.91 Å². The summed E-state index contributed by atoms with van der Waals surface area (Å²) in [5.41, 5.74) is 5.38. The van der Waals surface area contributed by atoms with Crippen LogP contribution in [0, 0.1) is 12.8 Å². The lowest BCUT2D eigenvalue weighted by molar-refractivity contribution is -0.140. The molecule has 3 fully saturated rings. The number of esters is 1. The number of benzene rings is 2. The first-order chi connectivity index (χ1) is 32.0. The predicted molar refractivity (Wildman–Crippen MR) is 259 cm³/mol. The van der Waals surface area contributed by atoms with Crippen LogP contribution >= 0.6 is 11.3 Å². The molecule has 5 aliphatic rings. The molecule has 3 amide bonds. The number of carbonyl (C=O) groups is 4. The number of hydrogen-bond acceptors (Lipinski definition) is 12. The van der Waals surface area contributed by atoms with Crippen LogP contribution in [0.4, 0.5) is 5.69 Å². The summed E-state index contributed by atoms with van der Waals surface area (Å²) >= 11 is 1.59. The number of ether oxygens (including phenoxy) is 3. The molecule has 3 aromatic rings. The van der Waals surface area contributed by atoms with E-state index in [1.807, 2.05) is 37.3 Å². The second kappa shape index (κ2) is 19.3. The number of fused-ring (bicyclic) bond motifs is 3. The molecule has 8 rings (SSSR count). The minimum absolute atomic E-state index is 0.0428. The fourth-order valence-electron chi connectivity index (χ4n) is 9.49. The Morgan fingerprint density at radius 1 is 1.04 bits per heavy atom. The van der Waals surface area contributed by atoms with Crippen molar-refractivity contribution in [1.29, 1.82) is 0 Å². The van der Waals surface area contributed by atoms with Gasteiger partial charge in [0.2, 0.25) is 21.8 Å². The Kier molecular flexibility index (Phi) is 13.8. The van der Waals surface area contributed by atoms with Crippen molar-refractivity contribution in [2.75, 3.05) is 26.1 Å². The Hall–Kier alpha value is -5.48. The average Bonchev–Trinajstić information content (AvgIpc) is 4.08. The molecular formula is C51H63N5O9S2. The molecule has 5 unspecified atom stereocenters. The van der Waals surface area contributed by atoms with Crippen LogP contribution in [0.2, 0.25) is 0 Å². The van der Waals surface area contributed by atoms with Crippen LogP contribution in [-0.4, -0.2) is 91.2 Å². The molecule has 1 saturated heterocycles. The first kappa shape index (κ1) is 48.0. The van der Waals surface area contributed by atoms with E-state index < -0.39 is 62.2 Å². The maximum atomic E-state index is 15.2. The molecule has 2 saturated carbocycles. The standard InChI is InChI=1S/C51H63N5O9S2/c1-30(2)41-29-66-46(53-41)39-26-44(38-20-21-43(63-6)32(4)37(38)19-18-31(39)3)65-36-25-42-45(57)54-51(49(60)55-67(61,62)50(5)22-23-50)27-34(51)15-11-9-8-10-12-17-40(47(58)56(42)28-36)52-35-16-13-14-33(24-35)48(59)64-7/h11,13-16,20-21,24,26,29-30,34,36,40,42,52H,8-10,12,17-19,22-23,25,27-28H2,1-7H3,(H,54,57)(H,55,60). The van der Waals surface area contributed by atoms with Crippen LogP contribution in [0.1, 0.15) is 136 Å². The second-order valence-electron chi connectivity index (χ2n) is 19.3. The van der Waals surface area contributed by atoms with Crippen molar-refractivity contribution in [3.63, 3.8) is 0 Å². The van der Waals surface area contributed by atoms with Gasteiger partial charge < -0.3 is 29.7 Å². The Morgan fingerprint density at radius 3 is 2.55 bits per heavy atom. The summed E-state index contributed by atoms with van der Waals surface area (Å²) in [5.74, 6) is -1.06. The van der Waals surface area contributed by atoms with E-state index in [4.69, 9.17) is 19.2 Å². The van der Waals surface area contributed by atoms with E-state index in [0.717, 1.165) is 70.0 Å². The summed E-state index contributed by atoms with van der Waals surface area (Å²) in [5, 5.41) is 9.36. The SMILES string of the molecule is COC(=O)c1cccc(NC2CCCCCC=CC3CC3(C(=O)NS(=O)(=O)C3(C)CC3)NC(=O)C3CC(OC4=CC(c5nc(C(C)C)cs5)=C(C)CCc5c4ccc(OC)c5C)CN3C2=O)c1. The summed E-state index contributed by atoms with van der Waals surface area (Å²) in [6, 6.07) is 8.81. The van der Waals surface area contributed by atoms with Crippen molar-refractivity contribution >= 4 is 62.1 Å².